The molecule has 4 fully saturated rings. The van der Waals surface area contributed by atoms with Gasteiger partial charge in [0.05, 0.1) is 0 Å². The summed E-state index contributed by atoms with van der Waals surface area (Å²) in [6.07, 6.45) is 9.50. The van der Waals surface area contributed by atoms with Gasteiger partial charge in [-0.3, -0.25) is 10.0 Å². The van der Waals surface area contributed by atoms with Crippen molar-refractivity contribution < 1.29 is 15.1 Å². The fraction of sp³-hybridized carbons (Fsp3) is 0.400. The van der Waals surface area contributed by atoms with Gasteiger partial charge in [-0.2, -0.15) is 0 Å². The van der Waals surface area contributed by atoms with E-state index in [0.717, 1.165) is 34.1 Å². The summed E-state index contributed by atoms with van der Waals surface area (Å²) in [5.74, 6) is 3.46. The van der Waals surface area contributed by atoms with Crippen LogP contribution in [-0.4, -0.2) is 16.2 Å². The zero-order chi connectivity index (χ0) is 20.8. The number of halogens is 1. The molecule has 0 heterocycles. The summed E-state index contributed by atoms with van der Waals surface area (Å²) in [6.45, 7) is 0. The lowest BCUT2D eigenvalue weighted by atomic mass is 9.50. The van der Waals surface area contributed by atoms with Crippen LogP contribution in [0.1, 0.15) is 49.1 Å². The summed E-state index contributed by atoms with van der Waals surface area (Å²) in [6, 6.07) is 11.5. The zero-order valence-corrected chi connectivity index (χ0v) is 17.5. The van der Waals surface area contributed by atoms with Gasteiger partial charge in [-0.15, -0.1) is 0 Å². The molecular formula is C25H26ClNO3. The molecule has 2 aromatic rings. The number of hydroxylamine groups is 1. The van der Waals surface area contributed by atoms with Gasteiger partial charge in [0.2, 0.25) is 0 Å². The molecule has 30 heavy (non-hydrogen) atoms. The van der Waals surface area contributed by atoms with E-state index in [2.05, 4.69) is 6.07 Å². The van der Waals surface area contributed by atoms with Crippen molar-refractivity contribution in [2.24, 2.45) is 23.7 Å². The van der Waals surface area contributed by atoms with Crippen LogP contribution in [0, 0.1) is 23.7 Å². The molecule has 156 valence electrons. The smallest absolute Gasteiger partial charge is 0.267 e. The molecule has 1 amide bonds. The summed E-state index contributed by atoms with van der Waals surface area (Å²) in [5, 5.41) is 19.9. The van der Waals surface area contributed by atoms with Crippen molar-refractivity contribution in [3.05, 3.63) is 58.6 Å². The average molecular weight is 424 g/mol. The SMILES string of the molecule is O=C(/C=C/c1ccc(-c2ccc(O)c(C3C4CC5CC(C4)CC3C5)c2)c(Cl)c1)NO. The standard InChI is InChI=1S/C25H26ClNO3/c26-22-12-14(2-6-24(29)27-30)1-4-20(22)17-3-5-23(28)21(13-17)25-18-8-15-7-16(10-18)11-19(25)9-15/h1-6,12-13,15-16,18-19,25,28,30H,7-11H2,(H,27,29)/b6-2+. The third kappa shape index (κ3) is 3.52. The number of phenolic OH excluding ortho intramolecular Hbond substituents is 1. The van der Waals surface area contributed by atoms with E-state index in [-0.39, 0.29) is 0 Å². The Labute approximate surface area is 181 Å². The minimum absolute atomic E-state index is 0.405. The number of phenols is 1. The number of amides is 1. The molecule has 4 bridgehead atoms. The Morgan fingerprint density at radius 3 is 2.33 bits per heavy atom. The van der Waals surface area contributed by atoms with Crippen molar-refractivity contribution in [1.29, 1.82) is 0 Å². The summed E-state index contributed by atoms with van der Waals surface area (Å²) >= 11 is 6.57. The van der Waals surface area contributed by atoms with Crippen molar-refractivity contribution in [1.82, 2.24) is 5.48 Å². The highest BCUT2D eigenvalue weighted by atomic mass is 35.5. The number of carbonyl (C=O) groups excluding carboxylic acids is 1. The Balaban J connectivity index is 1.45. The first-order valence-electron chi connectivity index (χ1n) is 10.8. The fourth-order valence-electron chi connectivity index (χ4n) is 6.50. The molecule has 2 aromatic carbocycles. The molecule has 5 heteroatoms. The average Bonchev–Trinajstić information content (AvgIpc) is 2.72. The van der Waals surface area contributed by atoms with E-state index in [9.17, 15) is 9.90 Å². The maximum atomic E-state index is 11.2. The molecule has 0 radical (unpaired) electrons. The van der Waals surface area contributed by atoms with E-state index in [1.165, 1.54) is 38.2 Å². The summed E-state index contributed by atoms with van der Waals surface area (Å²) in [4.78, 5) is 11.2. The molecule has 3 N–H and O–H groups in total. The second kappa shape index (κ2) is 7.75. The Morgan fingerprint density at radius 2 is 1.70 bits per heavy atom. The van der Waals surface area contributed by atoms with Crippen LogP contribution in [-0.2, 0) is 4.79 Å². The number of aromatic hydroxyl groups is 1. The van der Waals surface area contributed by atoms with Gasteiger partial charge < -0.3 is 5.11 Å². The molecule has 0 saturated heterocycles. The molecule has 4 nitrogen and oxygen atoms in total. The second-order valence-electron chi connectivity index (χ2n) is 9.28. The van der Waals surface area contributed by atoms with Crippen LogP contribution in [0.2, 0.25) is 5.02 Å². The number of nitrogens with one attached hydrogen (secondary N) is 1. The molecule has 6 rings (SSSR count). The summed E-state index contributed by atoms with van der Waals surface area (Å²) < 4.78 is 0. The molecule has 0 aromatic heterocycles. The largest absolute Gasteiger partial charge is 0.508 e. The minimum atomic E-state index is -0.589. The molecule has 0 aliphatic heterocycles. The summed E-state index contributed by atoms with van der Waals surface area (Å²) in [5.41, 5.74) is 5.34. The highest BCUT2D eigenvalue weighted by Crippen LogP contribution is 2.60. The maximum Gasteiger partial charge on any atom is 0.267 e. The van der Waals surface area contributed by atoms with Crippen LogP contribution < -0.4 is 5.48 Å². The van der Waals surface area contributed by atoms with Crippen LogP contribution in [0.3, 0.4) is 0 Å². The van der Waals surface area contributed by atoms with Gasteiger partial charge in [-0.1, -0.05) is 29.8 Å². The Bertz CT molecular complexity index is 987. The first-order chi connectivity index (χ1) is 14.5. The summed E-state index contributed by atoms with van der Waals surface area (Å²) in [7, 11) is 0. The number of hydrogen-bond donors (Lipinski definition) is 3. The lowest BCUT2D eigenvalue weighted by Crippen LogP contribution is -2.43. The third-order valence-electron chi connectivity index (χ3n) is 7.45. The molecule has 0 spiro atoms. The Morgan fingerprint density at radius 1 is 1.00 bits per heavy atom. The zero-order valence-electron chi connectivity index (χ0n) is 16.7. The van der Waals surface area contributed by atoms with Crippen LogP contribution in [0.4, 0.5) is 0 Å². The number of rotatable bonds is 4. The van der Waals surface area contributed by atoms with Crippen LogP contribution >= 0.6 is 11.6 Å². The van der Waals surface area contributed by atoms with Crippen molar-refractivity contribution in [3.8, 4) is 16.9 Å². The maximum absolute atomic E-state index is 11.2. The van der Waals surface area contributed by atoms with Gasteiger partial charge in [0.1, 0.15) is 5.75 Å². The lowest BCUT2D eigenvalue weighted by Gasteiger charge is -2.54. The molecular weight excluding hydrogens is 398 g/mol. The normalized spacial score (nSPS) is 29.5. The number of carbonyl (C=O) groups is 1. The van der Waals surface area contributed by atoms with Crippen molar-refractivity contribution in [2.45, 2.75) is 38.0 Å². The molecule has 4 saturated carbocycles. The number of benzene rings is 2. The monoisotopic (exact) mass is 423 g/mol. The molecule has 0 unspecified atom stereocenters. The first-order valence-corrected chi connectivity index (χ1v) is 11.1. The van der Waals surface area contributed by atoms with E-state index in [0.29, 0.717) is 28.5 Å². The van der Waals surface area contributed by atoms with Gasteiger partial charge in [0.15, 0.2) is 0 Å². The van der Waals surface area contributed by atoms with E-state index in [1.54, 1.807) is 17.6 Å². The lowest BCUT2D eigenvalue weighted by molar-refractivity contribution is -0.124. The van der Waals surface area contributed by atoms with Gasteiger partial charge in [-0.05, 0) is 103 Å². The van der Waals surface area contributed by atoms with Gasteiger partial charge >= 0.3 is 0 Å². The van der Waals surface area contributed by atoms with Crippen molar-refractivity contribution in [3.63, 3.8) is 0 Å². The van der Waals surface area contributed by atoms with E-state index >= 15 is 0 Å². The Kier molecular flexibility index (Phi) is 5.08. The van der Waals surface area contributed by atoms with E-state index < -0.39 is 5.91 Å². The van der Waals surface area contributed by atoms with Gasteiger partial charge in [0, 0.05) is 16.7 Å². The minimum Gasteiger partial charge on any atom is -0.508 e. The molecule has 0 atom stereocenters. The highest BCUT2D eigenvalue weighted by Gasteiger charge is 2.49. The molecule has 4 aliphatic carbocycles. The predicted molar refractivity (Wildman–Crippen MR) is 117 cm³/mol. The third-order valence-corrected chi connectivity index (χ3v) is 7.77. The predicted octanol–water partition coefficient (Wildman–Crippen LogP) is 5.77. The van der Waals surface area contributed by atoms with Crippen molar-refractivity contribution in [2.75, 3.05) is 0 Å². The van der Waals surface area contributed by atoms with Crippen LogP contribution in [0.5, 0.6) is 5.75 Å². The van der Waals surface area contributed by atoms with Crippen LogP contribution in [0.15, 0.2) is 42.5 Å². The van der Waals surface area contributed by atoms with Crippen LogP contribution in [0.25, 0.3) is 17.2 Å². The van der Waals surface area contributed by atoms with Gasteiger partial charge in [-0.25, -0.2) is 5.48 Å². The van der Waals surface area contributed by atoms with E-state index in [1.807, 2.05) is 24.3 Å². The van der Waals surface area contributed by atoms with Gasteiger partial charge in [0.25, 0.3) is 5.91 Å². The quantitative estimate of drug-likeness (QED) is 0.332. The molecule has 4 aliphatic rings. The second-order valence-corrected chi connectivity index (χ2v) is 9.69. The Hall–Kier alpha value is -2.30. The highest BCUT2D eigenvalue weighted by molar-refractivity contribution is 6.33. The van der Waals surface area contributed by atoms with Crippen molar-refractivity contribution >= 4 is 23.6 Å². The van der Waals surface area contributed by atoms with E-state index in [4.69, 9.17) is 16.8 Å². The fourth-order valence-corrected chi connectivity index (χ4v) is 6.80. The first kappa shape index (κ1) is 19.7. The number of hydrogen-bond acceptors (Lipinski definition) is 3. The topological polar surface area (TPSA) is 69.6 Å².